The molecule has 2 rings (SSSR count). The molecular weight excluding hydrogens is 352 g/mol. The van der Waals surface area contributed by atoms with Crippen LogP contribution in [0, 0.1) is 5.82 Å². The highest BCUT2D eigenvalue weighted by molar-refractivity contribution is 6.45. The summed E-state index contributed by atoms with van der Waals surface area (Å²) < 4.78 is 12.8. The van der Waals surface area contributed by atoms with Crippen molar-refractivity contribution in [1.82, 2.24) is 5.32 Å². The zero-order valence-electron chi connectivity index (χ0n) is 11.2. The predicted molar refractivity (Wildman–Crippen MR) is 85.6 cm³/mol. The first kappa shape index (κ1) is 16.9. The number of amides is 1. The van der Waals surface area contributed by atoms with Crippen molar-refractivity contribution in [2.45, 2.75) is 6.42 Å². The maximum atomic E-state index is 12.8. The maximum Gasteiger partial charge on any atom is 0.256 e. The van der Waals surface area contributed by atoms with Crippen LogP contribution in [0.25, 0.3) is 0 Å². The molecule has 0 heterocycles. The van der Waals surface area contributed by atoms with Crippen molar-refractivity contribution in [2.75, 3.05) is 6.54 Å². The van der Waals surface area contributed by atoms with Gasteiger partial charge in [0.15, 0.2) is 0 Å². The molecule has 22 heavy (non-hydrogen) atoms. The van der Waals surface area contributed by atoms with Gasteiger partial charge in [-0.3, -0.25) is 4.79 Å². The summed E-state index contributed by atoms with van der Waals surface area (Å²) in [6, 6.07) is 7.20. The molecule has 0 unspecified atom stereocenters. The largest absolute Gasteiger partial charge is 0.505 e. The average Bonchev–Trinajstić information content (AvgIpc) is 2.47. The highest BCUT2D eigenvalue weighted by atomic mass is 35.5. The fourth-order valence-corrected chi connectivity index (χ4v) is 2.55. The predicted octanol–water partition coefficient (Wildman–Crippen LogP) is 4.46. The Labute approximate surface area is 141 Å². The molecule has 0 saturated carbocycles. The zero-order chi connectivity index (χ0) is 16.3. The Morgan fingerprint density at radius 1 is 1.14 bits per heavy atom. The van der Waals surface area contributed by atoms with Gasteiger partial charge in [-0.15, -0.1) is 0 Å². The molecule has 1 amide bonds. The van der Waals surface area contributed by atoms with Crippen LogP contribution in [0.15, 0.2) is 30.3 Å². The number of hydrogen-bond donors (Lipinski definition) is 2. The first-order valence-corrected chi connectivity index (χ1v) is 7.42. The summed E-state index contributed by atoms with van der Waals surface area (Å²) in [5, 5.41) is 12.4. The molecule has 116 valence electrons. The van der Waals surface area contributed by atoms with Crippen LogP contribution in [0.5, 0.6) is 5.75 Å². The number of aromatic hydroxyl groups is 1. The van der Waals surface area contributed by atoms with Gasteiger partial charge < -0.3 is 10.4 Å². The van der Waals surface area contributed by atoms with E-state index in [4.69, 9.17) is 34.8 Å². The van der Waals surface area contributed by atoms with E-state index in [0.29, 0.717) is 6.42 Å². The van der Waals surface area contributed by atoms with Crippen molar-refractivity contribution in [3.05, 3.63) is 62.3 Å². The van der Waals surface area contributed by atoms with E-state index in [0.717, 1.165) is 5.56 Å². The summed E-state index contributed by atoms with van der Waals surface area (Å²) in [4.78, 5) is 12.1. The Morgan fingerprint density at radius 3 is 2.41 bits per heavy atom. The van der Waals surface area contributed by atoms with Gasteiger partial charge in [-0.05, 0) is 30.2 Å². The average molecular weight is 363 g/mol. The summed E-state index contributed by atoms with van der Waals surface area (Å²) in [5.74, 6) is -1.33. The van der Waals surface area contributed by atoms with Crippen LogP contribution >= 0.6 is 34.8 Å². The van der Waals surface area contributed by atoms with E-state index < -0.39 is 11.7 Å². The molecule has 7 heteroatoms. The molecule has 0 saturated heterocycles. The van der Waals surface area contributed by atoms with Crippen molar-refractivity contribution in [3.63, 3.8) is 0 Å². The van der Waals surface area contributed by atoms with E-state index in [1.165, 1.54) is 18.2 Å². The highest BCUT2D eigenvalue weighted by Gasteiger charge is 2.20. The molecule has 2 aromatic carbocycles. The molecule has 0 fully saturated rings. The lowest BCUT2D eigenvalue weighted by atomic mass is 10.1. The summed E-state index contributed by atoms with van der Waals surface area (Å²) >= 11 is 17.5. The third kappa shape index (κ3) is 3.83. The number of phenolic OH excluding ortho intramolecular Hbond substituents is 1. The Hall–Kier alpha value is -1.49. The van der Waals surface area contributed by atoms with Crippen molar-refractivity contribution in [2.24, 2.45) is 0 Å². The van der Waals surface area contributed by atoms with E-state index in [9.17, 15) is 14.3 Å². The third-order valence-corrected chi connectivity index (χ3v) is 4.06. The number of phenols is 1. The summed E-state index contributed by atoms with van der Waals surface area (Å²) in [5.41, 5.74) is 0.694. The number of nitrogens with one attached hydrogen (secondary N) is 1. The molecule has 0 aromatic heterocycles. The van der Waals surface area contributed by atoms with Gasteiger partial charge in [0.05, 0.1) is 15.1 Å². The van der Waals surface area contributed by atoms with Gasteiger partial charge in [0.25, 0.3) is 5.91 Å². The molecule has 3 nitrogen and oxygen atoms in total. The second-order valence-corrected chi connectivity index (χ2v) is 5.70. The monoisotopic (exact) mass is 361 g/mol. The topological polar surface area (TPSA) is 49.3 Å². The van der Waals surface area contributed by atoms with Crippen LogP contribution in [-0.4, -0.2) is 17.6 Å². The smallest absolute Gasteiger partial charge is 0.256 e. The lowest BCUT2D eigenvalue weighted by molar-refractivity contribution is 0.0951. The van der Waals surface area contributed by atoms with Crippen LogP contribution in [0.2, 0.25) is 15.1 Å². The van der Waals surface area contributed by atoms with Gasteiger partial charge in [0.1, 0.15) is 17.1 Å². The Balaban J connectivity index is 2.05. The lowest BCUT2D eigenvalue weighted by Gasteiger charge is -2.11. The van der Waals surface area contributed by atoms with Gasteiger partial charge in [0, 0.05) is 6.54 Å². The van der Waals surface area contributed by atoms with E-state index in [2.05, 4.69) is 5.32 Å². The lowest BCUT2D eigenvalue weighted by Crippen LogP contribution is -2.26. The van der Waals surface area contributed by atoms with Crippen molar-refractivity contribution in [3.8, 4) is 5.75 Å². The van der Waals surface area contributed by atoms with Gasteiger partial charge in [-0.2, -0.15) is 0 Å². The number of carbonyl (C=O) groups excluding carboxylic acids is 1. The van der Waals surface area contributed by atoms with E-state index in [1.54, 1.807) is 12.1 Å². The first-order valence-electron chi connectivity index (χ1n) is 6.29. The van der Waals surface area contributed by atoms with Gasteiger partial charge in [-0.25, -0.2) is 4.39 Å². The van der Waals surface area contributed by atoms with E-state index in [1.807, 2.05) is 0 Å². The second kappa shape index (κ2) is 7.18. The van der Waals surface area contributed by atoms with Crippen LogP contribution in [0.1, 0.15) is 15.9 Å². The minimum Gasteiger partial charge on any atom is -0.505 e. The number of benzene rings is 2. The standard InChI is InChI=1S/C15H11Cl3FNO2/c16-10-7-11(17)14(21)12(13(10)18)15(22)20-6-5-8-1-3-9(19)4-2-8/h1-4,7,21H,5-6H2,(H,20,22). The van der Waals surface area contributed by atoms with Crippen LogP contribution in [0.4, 0.5) is 4.39 Å². The fourth-order valence-electron chi connectivity index (χ4n) is 1.85. The molecule has 0 radical (unpaired) electrons. The SMILES string of the molecule is O=C(NCCc1ccc(F)cc1)c1c(O)c(Cl)cc(Cl)c1Cl. The minimum atomic E-state index is -0.589. The van der Waals surface area contributed by atoms with Crippen molar-refractivity contribution < 1.29 is 14.3 Å². The zero-order valence-corrected chi connectivity index (χ0v) is 13.4. The summed E-state index contributed by atoms with van der Waals surface area (Å²) in [7, 11) is 0. The van der Waals surface area contributed by atoms with Crippen LogP contribution < -0.4 is 5.32 Å². The Kier molecular flexibility index (Phi) is 5.51. The van der Waals surface area contributed by atoms with Crippen molar-refractivity contribution in [1.29, 1.82) is 0 Å². The molecule has 0 atom stereocenters. The molecule has 2 N–H and O–H groups in total. The Bertz CT molecular complexity index is 679. The molecule has 2 aromatic rings. The van der Waals surface area contributed by atoms with E-state index in [-0.39, 0.29) is 33.0 Å². The minimum absolute atomic E-state index is 0.0573. The number of halogens is 4. The molecule has 0 bridgehead atoms. The number of hydrogen-bond acceptors (Lipinski definition) is 2. The molecule has 0 aliphatic carbocycles. The maximum absolute atomic E-state index is 12.8. The van der Waals surface area contributed by atoms with Gasteiger partial charge in [-0.1, -0.05) is 46.9 Å². The second-order valence-electron chi connectivity index (χ2n) is 4.51. The quantitative estimate of drug-likeness (QED) is 0.789. The van der Waals surface area contributed by atoms with Gasteiger partial charge >= 0.3 is 0 Å². The number of carbonyl (C=O) groups is 1. The molecule has 0 spiro atoms. The van der Waals surface area contributed by atoms with Crippen LogP contribution in [-0.2, 0) is 6.42 Å². The highest BCUT2D eigenvalue weighted by Crippen LogP contribution is 2.38. The Morgan fingerprint density at radius 2 is 1.77 bits per heavy atom. The molecule has 0 aliphatic heterocycles. The van der Waals surface area contributed by atoms with Gasteiger partial charge in [0.2, 0.25) is 0 Å². The first-order chi connectivity index (χ1) is 10.4. The normalized spacial score (nSPS) is 10.5. The summed E-state index contributed by atoms with van der Waals surface area (Å²) in [6.07, 6.45) is 0.499. The molecule has 0 aliphatic rings. The summed E-state index contributed by atoms with van der Waals surface area (Å²) in [6.45, 7) is 0.282. The van der Waals surface area contributed by atoms with Crippen LogP contribution in [0.3, 0.4) is 0 Å². The fraction of sp³-hybridized carbons (Fsp3) is 0.133. The molecular formula is C15H11Cl3FNO2. The third-order valence-electron chi connectivity index (χ3n) is 2.99. The number of rotatable bonds is 4. The van der Waals surface area contributed by atoms with E-state index >= 15 is 0 Å². The van der Waals surface area contributed by atoms with Crippen molar-refractivity contribution >= 4 is 40.7 Å².